The van der Waals surface area contributed by atoms with Crippen molar-refractivity contribution in [1.29, 1.82) is 0 Å². The minimum absolute atomic E-state index is 0.226. The maximum absolute atomic E-state index is 12.1. The fraction of sp³-hybridized carbons (Fsp3) is 0.393. The molecule has 1 atom stereocenters. The van der Waals surface area contributed by atoms with E-state index < -0.39 is 0 Å². The smallest absolute Gasteiger partial charge is 0.267 e. The van der Waals surface area contributed by atoms with Gasteiger partial charge in [0.1, 0.15) is 11.4 Å². The molecule has 2 saturated heterocycles. The van der Waals surface area contributed by atoms with Crippen LogP contribution in [0.5, 0.6) is 5.75 Å². The molecule has 3 heterocycles. The van der Waals surface area contributed by atoms with Crippen molar-refractivity contribution in [3.05, 3.63) is 77.4 Å². The molecule has 34 heavy (non-hydrogen) atoms. The molecule has 6 heteroatoms. The summed E-state index contributed by atoms with van der Waals surface area (Å²) in [6, 6.07) is 16.6. The molecule has 1 unspecified atom stereocenters. The number of rotatable bonds is 6. The number of hydroxylamine groups is 1. The van der Waals surface area contributed by atoms with Gasteiger partial charge in [-0.2, -0.15) is 0 Å². The standard InChI is InChI=1S/C28H32N2O4/c31-26(29-34-27-8-4-5-19-32-27)12-10-22-9-11-25-24(20-22)13-14-28(33-25)15-17-30(18-16-28)21-23-6-2-1-3-7-23/h1-3,6-7,9-14,20,27H,4-5,8,15-19,21H2,(H,29,31)/b12-10+. The minimum Gasteiger partial charge on any atom is -0.482 e. The second kappa shape index (κ2) is 10.6. The SMILES string of the molecule is O=C(/C=C/c1ccc2c(c1)C=CC1(CCN(Cc3ccccc3)CC1)O2)NOC1CCCCO1. The maximum Gasteiger partial charge on any atom is 0.267 e. The van der Waals surface area contributed by atoms with Gasteiger partial charge in [0, 0.05) is 57.1 Å². The predicted octanol–water partition coefficient (Wildman–Crippen LogP) is 4.71. The van der Waals surface area contributed by atoms with E-state index in [1.165, 1.54) is 11.6 Å². The molecule has 178 valence electrons. The number of amides is 1. The Balaban J connectivity index is 1.14. The lowest BCUT2D eigenvalue weighted by atomic mass is 9.87. The van der Waals surface area contributed by atoms with Crippen molar-refractivity contribution >= 4 is 18.1 Å². The van der Waals surface area contributed by atoms with Gasteiger partial charge in [-0.25, -0.2) is 10.3 Å². The molecule has 6 nitrogen and oxygen atoms in total. The van der Waals surface area contributed by atoms with E-state index in [1.54, 1.807) is 6.08 Å². The third kappa shape index (κ3) is 5.76. The predicted molar refractivity (Wildman–Crippen MR) is 132 cm³/mol. The Morgan fingerprint density at radius 3 is 2.79 bits per heavy atom. The average Bonchev–Trinajstić information content (AvgIpc) is 2.89. The summed E-state index contributed by atoms with van der Waals surface area (Å²) in [7, 11) is 0. The quantitative estimate of drug-likeness (QED) is 0.500. The van der Waals surface area contributed by atoms with Crippen LogP contribution in [0.1, 0.15) is 48.8 Å². The molecule has 1 amide bonds. The second-order valence-electron chi connectivity index (χ2n) is 9.27. The first kappa shape index (κ1) is 22.8. The van der Waals surface area contributed by atoms with Gasteiger partial charge in [-0.3, -0.25) is 9.69 Å². The Morgan fingerprint density at radius 2 is 2.00 bits per heavy atom. The average molecular weight is 461 g/mol. The van der Waals surface area contributed by atoms with Crippen LogP contribution in [-0.2, 0) is 20.9 Å². The van der Waals surface area contributed by atoms with Gasteiger partial charge in [0.15, 0.2) is 6.29 Å². The molecule has 2 aromatic rings. The molecule has 0 bridgehead atoms. The molecular weight excluding hydrogens is 428 g/mol. The minimum atomic E-state index is -0.352. The van der Waals surface area contributed by atoms with Crippen LogP contribution >= 0.6 is 0 Å². The highest BCUT2D eigenvalue weighted by molar-refractivity contribution is 5.91. The van der Waals surface area contributed by atoms with Gasteiger partial charge in [-0.05, 0) is 48.3 Å². The van der Waals surface area contributed by atoms with Crippen LogP contribution in [-0.4, -0.2) is 42.4 Å². The Morgan fingerprint density at radius 1 is 1.15 bits per heavy atom. The highest BCUT2D eigenvalue weighted by atomic mass is 16.8. The summed E-state index contributed by atoms with van der Waals surface area (Å²) in [5.74, 6) is 0.596. The highest BCUT2D eigenvalue weighted by Gasteiger charge is 2.36. The number of nitrogens with one attached hydrogen (secondary N) is 1. The zero-order valence-electron chi connectivity index (χ0n) is 19.4. The summed E-state index contributed by atoms with van der Waals surface area (Å²) < 4.78 is 11.9. The normalized spacial score (nSPS) is 21.8. The fourth-order valence-corrected chi connectivity index (χ4v) is 4.72. The number of carbonyl (C=O) groups excluding carboxylic acids is 1. The lowest BCUT2D eigenvalue weighted by Crippen LogP contribution is -2.47. The van der Waals surface area contributed by atoms with Crippen molar-refractivity contribution in [3.8, 4) is 5.75 Å². The van der Waals surface area contributed by atoms with Gasteiger partial charge < -0.3 is 9.47 Å². The monoisotopic (exact) mass is 460 g/mol. The lowest BCUT2D eigenvalue weighted by Gasteiger charge is -2.42. The van der Waals surface area contributed by atoms with Crippen molar-refractivity contribution in [1.82, 2.24) is 10.4 Å². The third-order valence-electron chi connectivity index (χ3n) is 6.72. The fourth-order valence-electron chi connectivity index (χ4n) is 4.72. The summed E-state index contributed by atoms with van der Waals surface area (Å²) in [5.41, 5.74) is 5.55. The van der Waals surface area contributed by atoms with Crippen molar-refractivity contribution in [2.75, 3.05) is 19.7 Å². The van der Waals surface area contributed by atoms with Crippen LogP contribution in [0.4, 0.5) is 0 Å². The number of fused-ring (bicyclic) bond motifs is 1. The zero-order chi connectivity index (χ0) is 23.2. The van der Waals surface area contributed by atoms with Crippen LogP contribution in [0.25, 0.3) is 12.2 Å². The first-order chi connectivity index (χ1) is 16.7. The summed E-state index contributed by atoms with van der Waals surface area (Å²) in [6.45, 7) is 3.68. The molecule has 0 aliphatic carbocycles. The molecule has 2 fully saturated rings. The molecule has 0 radical (unpaired) electrons. The summed E-state index contributed by atoms with van der Waals surface area (Å²) in [6.07, 6.45) is 12.1. The van der Waals surface area contributed by atoms with Gasteiger partial charge in [0.2, 0.25) is 0 Å². The Kier molecular flexibility index (Phi) is 7.09. The molecule has 1 spiro atoms. The van der Waals surface area contributed by atoms with Crippen LogP contribution in [0.2, 0.25) is 0 Å². The number of carbonyl (C=O) groups is 1. The van der Waals surface area contributed by atoms with E-state index in [4.69, 9.17) is 14.3 Å². The third-order valence-corrected chi connectivity index (χ3v) is 6.72. The second-order valence-corrected chi connectivity index (χ2v) is 9.27. The van der Waals surface area contributed by atoms with E-state index in [9.17, 15) is 4.79 Å². The van der Waals surface area contributed by atoms with E-state index in [-0.39, 0.29) is 17.8 Å². The van der Waals surface area contributed by atoms with Crippen LogP contribution in [0.15, 0.2) is 60.7 Å². The van der Waals surface area contributed by atoms with E-state index in [0.29, 0.717) is 6.61 Å². The largest absolute Gasteiger partial charge is 0.482 e. The van der Waals surface area contributed by atoms with Gasteiger partial charge in [-0.15, -0.1) is 0 Å². The van der Waals surface area contributed by atoms with Crippen molar-refractivity contribution in [3.63, 3.8) is 0 Å². The maximum atomic E-state index is 12.1. The number of hydrogen-bond acceptors (Lipinski definition) is 5. The lowest BCUT2D eigenvalue weighted by molar-refractivity contribution is -0.198. The van der Waals surface area contributed by atoms with Gasteiger partial charge in [0.05, 0.1) is 0 Å². The van der Waals surface area contributed by atoms with Crippen LogP contribution < -0.4 is 10.2 Å². The van der Waals surface area contributed by atoms with Crippen molar-refractivity contribution in [2.24, 2.45) is 0 Å². The Hall–Kier alpha value is -2.93. The summed E-state index contributed by atoms with van der Waals surface area (Å²) in [5, 5.41) is 0. The number of benzene rings is 2. The molecular formula is C28H32N2O4. The number of ether oxygens (including phenoxy) is 2. The molecule has 0 saturated carbocycles. The molecule has 2 aromatic carbocycles. The number of hydrogen-bond donors (Lipinski definition) is 1. The summed E-state index contributed by atoms with van der Waals surface area (Å²) in [4.78, 5) is 19.9. The first-order valence-electron chi connectivity index (χ1n) is 12.2. The molecule has 1 N–H and O–H groups in total. The van der Waals surface area contributed by atoms with Crippen molar-refractivity contribution in [2.45, 2.75) is 50.5 Å². The molecule has 0 aromatic heterocycles. The number of piperidine rings is 1. The zero-order valence-corrected chi connectivity index (χ0v) is 19.4. The van der Waals surface area contributed by atoms with Crippen LogP contribution in [0, 0.1) is 0 Å². The van der Waals surface area contributed by atoms with Crippen LogP contribution in [0.3, 0.4) is 0 Å². The van der Waals surface area contributed by atoms with Gasteiger partial charge in [0.25, 0.3) is 5.91 Å². The number of nitrogens with zero attached hydrogens (tertiary/aromatic N) is 1. The van der Waals surface area contributed by atoms with E-state index in [2.05, 4.69) is 52.9 Å². The summed E-state index contributed by atoms with van der Waals surface area (Å²) >= 11 is 0. The first-order valence-corrected chi connectivity index (χ1v) is 12.2. The molecule has 5 rings (SSSR count). The Labute approximate surface area is 201 Å². The Bertz CT molecular complexity index is 1040. The number of likely N-dealkylation sites (tertiary alicyclic amines) is 1. The van der Waals surface area contributed by atoms with E-state index >= 15 is 0 Å². The molecule has 3 aliphatic heterocycles. The highest BCUT2D eigenvalue weighted by Crippen LogP contribution is 2.37. The van der Waals surface area contributed by atoms with E-state index in [1.807, 2.05) is 18.2 Å². The topological polar surface area (TPSA) is 60.0 Å². The van der Waals surface area contributed by atoms with Gasteiger partial charge >= 0.3 is 0 Å². The van der Waals surface area contributed by atoms with Crippen molar-refractivity contribution < 1.29 is 19.1 Å². The van der Waals surface area contributed by atoms with E-state index in [0.717, 1.165) is 68.6 Å². The molecule has 3 aliphatic rings. The van der Waals surface area contributed by atoms with Gasteiger partial charge in [-0.1, -0.05) is 42.5 Å².